The van der Waals surface area contributed by atoms with Crippen molar-refractivity contribution in [3.63, 3.8) is 0 Å². The van der Waals surface area contributed by atoms with E-state index in [2.05, 4.69) is 0 Å². The van der Waals surface area contributed by atoms with E-state index in [9.17, 15) is 9.59 Å². The highest BCUT2D eigenvalue weighted by Crippen LogP contribution is 2.26. The van der Waals surface area contributed by atoms with Gasteiger partial charge in [0.25, 0.3) is 0 Å². The van der Waals surface area contributed by atoms with Crippen molar-refractivity contribution in [2.24, 2.45) is 0 Å². The van der Waals surface area contributed by atoms with Crippen molar-refractivity contribution in [2.45, 2.75) is 13.3 Å². The number of benzene rings is 2. The van der Waals surface area contributed by atoms with E-state index in [0.29, 0.717) is 12.0 Å². The zero-order valence-corrected chi connectivity index (χ0v) is 10.6. The number of hydrogen-bond donors (Lipinski definition) is 1. The molecule has 1 N–H and O–H groups in total. The van der Waals surface area contributed by atoms with Crippen LogP contribution in [-0.2, 0) is 6.42 Å². The van der Waals surface area contributed by atoms with Crippen LogP contribution in [0.1, 0.15) is 33.2 Å². The summed E-state index contributed by atoms with van der Waals surface area (Å²) in [6.45, 7) is 1.56. The van der Waals surface area contributed by atoms with Gasteiger partial charge in [0.05, 0.1) is 5.56 Å². The third-order valence-electron chi connectivity index (χ3n) is 2.91. The molecule has 0 radical (unpaired) electrons. The largest absolute Gasteiger partial charge is 0.507 e. The molecule has 2 aliphatic rings. The second-order valence-corrected chi connectivity index (χ2v) is 4.37. The molecule has 0 saturated heterocycles. The highest BCUT2D eigenvalue weighted by molar-refractivity contribution is 6.02. The molecule has 0 heterocycles. The van der Waals surface area contributed by atoms with Crippen LogP contribution in [0.25, 0.3) is 0 Å². The first-order chi connectivity index (χ1) is 9.08. The van der Waals surface area contributed by atoms with Gasteiger partial charge in [-0.15, -0.1) is 0 Å². The normalized spacial score (nSPS) is 11.7. The van der Waals surface area contributed by atoms with Gasteiger partial charge in [-0.3, -0.25) is 9.59 Å². The molecule has 0 unspecified atom stereocenters. The van der Waals surface area contributed by atoms with Crippen LogP contribution in [0.15, 0.2) is 48.5 Å². The molecule has 0 aromatic heterocycles. The molecule has 0 fully saturated rings. The van der Waals surface area contributed by atoms with E-state index in [-0.39, 0.29) is 17.3 Å². The first-order valence-corrected chi connectivity index (χ1v) is 5.99. The first-order valence-electron chi connectivity index (χ1n) is 5.99. The summed E-state index contributed by atoms with van der Waals surface area (Å²) in [7, 11) is 0. The number of aromatic hydroxyl groups is 1. The van der Waals surface area contributed by atoms with Gasteiger partial charge in [0.2, 0.25) is 0 Å². The number of ketones is 2. The fourth-order valence-electron chi connectivity index (χ4n) is 1.88. The first kappa shape index (κ1) is 13.0. The number of hydrogen-bond acceptors (Lipinski definition) is 3. The number of Topliss-reactive ketones (excluding diaryl/α,β-unsaturated/α-hetero) is 2. The van der Waals surface area contributed by atoms with Crippen molar-refractivity contribution < 1.29 is 14.7 Å². The zero-order chi connectivity index (χ0) is 13.8. The number of phenolic OH excluding ortho intramolecular Hbond substituents is 1. The molecule has 2 aromatic carbocycles. The quantitative estimate of drug-likeness (QED) is 0.796. The Morgan fingerprint density at radius 3 is 2.16 bits per heavy atom. The van der Waals surface area contributed by atoms with Crippen LogP contribution in [0, 0.1) is 0 Å². The van der Waals surface area contributed by atoms with Crippen LogP contribution in [0.2, 0.25) is 0 Å². The Balaban J connectivity index is 0.000000141. The SMILES string of the molecule is CC(=O)c1ccccc1.O=C1Cc2ccc1c(O)c2. The number of phenols is 1. The van der Waals surface area contributed by atoms with Crippen LogP contribution in [-0.4, -0.2) is 16.7 Å². The molecule has 0 atom stereocenters. The topological polar surface area (TPSA) is 54.4 Å². The average molecular weight is 254 g/mol. The number of carbonyl (C=O) groups excluding carboxylic acids is 2. The average Bonchev–Trinajstić information content (AvgIpc) is 2.40. The molecule has 0 amide bonds. The fraction of sp³-hybridized carbons (Fsp3) is 0.125. The Hall–Kier alpha value is -2.42. The summed E-state index contributed by atoms with van der Waals surface area (Å²) in [5.74, 6) is 0.266. The minimum atomic E-state index is 0.0255. The van der Waals surface area contributed by atoms with Gasteiger partial charge in [-0.05, 0) is 24.6 Å². The summed E-state index contributed by atoms with van der Waals surface area (Å²) >= 11 is 0. The number of fused-ring (bicyclic) bond motifs is 3. The van der Waals surface area contributed by atoms with E-state index < -0.39 is 0 Å². The molecule has 2 bridgehead atoms. The molecule has 2 aromatic rings. The number of rotatable bonds is 1. The highest BCUT2D eigenvalue weighted by Gasteiger charge is 2.17. The Morgan fingerprint density at radius 2 is 1.79 bits per heavy atom. The van der Waals surface area contributed by atoms with Crippen LogP contribution < -0.4 is 0 Å². The molecule has 0 saturated carbocycles. The maximum absolute atomic E-state index is 11.0. The molecule has 0 aliphatic heterocycles. The molecular weight excluding hydrogens is 240 g/mol. The van der Waals surface area contributed by atoms with Crippen molar-refractivity contribution in [1.29, 1.82) is 0 Å². The number of carbonyl (C=O) groups is 2. The minimum absolute atomic E-state index is 0.0255. The summed E-state index contributed by atoms with van der Waals surface area (Å²) in [4.78, 5) is 21.6. The molecule has 0 spiro atoms. The van der Waals surface area contributed by atoms with E-state index >= 15 is 0 Å². The maximum Gasteiger partial charge on any atom is 0.170 e. The highest BCUT2D eigenvalue weighted by atomic mass is 16.3. The summed E-state index contributed by atoms with van der Waals surface area (Å²) in [5.41, 5.74) is 2.13. The van der Waals surface area contributed by atoms with Gasteiger partial charge in [0.1, 0.15) is 5.75 Å². The Labute approximate surface area is 111 Å². The zero-order valence-electron chi connectivity index (χ0n) is 10.6. The van der Waals surface area contributed by atoms with Gasteiger partial charge >= 0.3 is 0 Å². The van der Waals surface area contributed by atoms with Crippen LogP contribution in [0.4, 0.5) is 0 Å². The lowest BCUT2D eigenvalue weighted by Gasteiger charge is -2.11. The summed E-state index contributed by atoms with van der Waals surface area (Å²) in [6.07, 6.45) is 0.454. The predicted octanol–water partition coefficient (Wildman–Crippen LogP) is 3.02. The lowest BCUT2D eigenvalue weighted by atomic mass is 9.94. The second-order valence-electron chi connectivity index (χ2n) is 4.37. The second kappa shape index (κ2) is 5.48. The third kappa shape index (κ3) is 3.07. The molecular formula is C16H14O3. The Kier molecular flexibility index (Phi) is 3.76. The van der Waals surface area contributed by atoms with Crippen molar-refractivity contribution in [3.8, 4) is 5.75 Å². The lowest BCUT2D eigenvalue weighted by Crippen LogP contribution is -2.09. The molecule has 4 rings (SSSR count). The molecule has 19 heavy (non-hydrogen) atoms. The fourth-order valence-corrected chi connectivity index (χ4v) is 1.88. The molecule has 2 aliphatic carbocycles. The van der Waals surface area contributed by atoms with Crippen LogP contribution in [0.3, 0.4) is 0 Å². The Bertz CT molecular complexity index is 615. The lowest BCUT2D eigenvalue weighted by molar-refractivity contribution is 0.0983. The third-order valence-corrected chi connectivity index (χ3v) is 2.91. The summed E-state index contributed by atoms with van der Waals surface area (Å²) < 4.78 is 0. The monoisotopic (exact) mass is 254 g/mol. The van der Waals surface area contributed by atoms with Gasteiger partial charge < -0.3 is 5.11 Å². The van der Waals surface area contributed by atoms with E-state index in [1.54, 1.807) is 19.1 Å². The van der Waals surface area contributed by atoms with Gasteiger partial charge in [-0.1, -0.05) is 36.4 Å². The predicted molar refractivity (Wildman–Crippen MR) is 72.6 cm³/mol. The van der Waals surface area contributed by atoms with Gasteiger partial charge in [0.15, 0.2) is 11.6 Å². The van der Waals surface area contributed by atoms with Crippen molar-refractivity contribution in [2.75, 3.05) is 0 Å². The standard InChI is InChI=1S/C8H6O2.C8H8O/c9-7-3-5-1-2-6(7)8(10)4-5;1-7(9)8-5-3-2-4-6-8/h1-3,9H,4H2;2-6H,1H3. The van der Waals surface area contributed by atoms with E-state index in [4.69, 9.17) is 5.11 Å². The summed E-state index contributed by atoms with van der Waals surface area (Å²) in [6, 6.07) is 14.4. The summed E-state index contributed by atoms with van der Waals surface area (Å²) in [5, 5.41) is 9.10. The van der Waals surface area contributed by atoms with E-state index in [0.717, 1.165) is 11.1 Å². The van der Waals surface area contributed by atoms with Crippen molar-refractivity contribution in [1.82, 2.24) is 0 Å². The Morgan fingerprint density at radius 1 is 1.11 bits per heavy atom. The molecule has 3 heteroatoms. The molecule has 96 valence electrons. The van der Waals surface area contributed by atoms with Crippen LogP contribution in [0.5, 0.6) is 5.75 Å². The van der Waals surface area contributed by atoms with Crippen molar-refractivity contribution >= 4 is 11.6 Å². The molecule has 3 nitrogen and oxygen atoms in total. The van der Waals surface area contributed by atoms with Gasteiger partial charge in [-0.2, -0.15) is 0 Å². The van der Waals surface area contributed by atoms with Gasteiger partial charge in [-0.25, -0.2) is 0 Å². The maximum atomic E-state index is 11.0. The van der Waals surface area contributed by atoms with Gasteiger partial charge in [0, 0.05) is 12.0 Å². The smallest absolute Gasteiger partial charge is 0.170 e. The van der Waals surface area contributed by atoms with E-state index in [1.807, 2.05) is 36.4 Å². The van der Waals surface area contributed by atoms with Crippen LogP contribution >= 0.6 is 0 Å². The van der Waals surface area contributed by atoms with Crippen molar-refractivity contribution in [3.05, 3.63) is 65.2 Å². The van der Waals surface area contributed by atoms with E-state index in [1.165, 1.54) is 0 Å². The minimum Gasteiger partial charge on any atom is -0.507 e.